The lowest BCUT2D eigenvalue weighted by Crippen LogP contribution is -2.40. The molecule has 1 aromatic carbocycles. The Kier molecular flexibility index (Phi) is 7.81. The van der Waals surface area contributed by atoms with Gasteiger partial charge in [0.05, 0.1) is 18.9 Å². The molecule has 0 spiro atoms. The molecular formula is C19H26N2O2S2. The summed E-state index contributed by atoms with van der Waals surface area (Å²) in [4.78, 5) is 19.3. The fourth-order valence-corrected chi connectivity index (χ4v) is 4.02. The molecule has 0 saturated heterocycles. The van der Waals surface area contributed by atoms with Gasteiger partial charge in [-0.15, -0.1) is 23.1 Å². The average molecular weight is 379 g/mol. The molecule has 0 bridgehead atoms. The first-order valence-corrected chi connectivity index (χ1v) is 10.0. The van der Waals surface area contributed by atoms with Gasteiger partial charge in [-0.25, -0.2) is 0 Å². The number of rotatable bonds is 9. The van der Waals surface area contributed by atoms with Gasteiger partial charge < -0.3 is 14.5 Å². The van der Waals surface area contributed by atoms with Crippen molar-refractivity contribution in [3.63, 3.8) is 0 Å². The summed E-state index contributed by atoms with van der Waals surface area (Å²) < 4.78 is 5.18. The van der Waals surface area contributed by atoms with E-state index in [0.29, 0.717) is 6.54 Å². The number of hydrogen-bond donors (Lipinski definition) is 0. The summed E-state index contributed by atoms with van der Waals surface area (Å²) in [5, 5.41) is 1.93. The topological polar surface area (TPSA) is 32.8 Å². The zero-order chi connectivity index (χ0) is 18.2. The van der Waals surface area contributed by atoms with Gasteiger partial charge in [-0.1, -0.05) is 6.07 Å². The van der Waals surface area contributed by atoms with Crippen LogP contribution in [0.4, 0.5) is 0 Å². The molecule has 6 heteroatoms. The molecule has 0 radical (unpaired) electrons. The van der Waals surface area contributed by atoms with Crippen LogP contribution >= 0.6 is 23.1 Å². The summed E-state index contributed by atoms with van der Waals surface area (Å²) in [5.41, 5.74) is 0. The largest absolute Gasteiger partial charge is 0.497 e. The summed E-state index contributed by atoms with van der Waals surface area (Å²) >= 11 is 3.28. The number of likely N-dealkylation sites (N-methyl/N-ethyl adjacent to an activating group) is 1. The molecule has 1 aromatic heterocycles. The van der Waals surface area contributed by atoms with Crippen molar-refractivity contribution in [2.75, 3.05) is 34.3 Å². The van der Waals surface area contributed by atoms with E-state index in [0.717, 1.165) is 23.7 Å². The number of methoxy groups -OCH3 is 1. The lowest BCUT2D eigenvalue weighted by molar-refractivity contribution is -0.131. The zero-order valence-corrected chi connectivity index (χ0v) is 16.9. The van der Waals surface area contributed by atoms with Crippen molar-refractivity contribution in [3.05, 3.63) is 46.7 Å². The number of ether oxygens (including phenoxy) is 1. The molecular weight excluding hydrogens is 352 g/mol. The van der Waals surface area contributed by atoms with Crippen molar-refractivity contribution < 1.29 is 9.53 Å². The molecule has 2 rings (SSSR count). The first-order chi connectivity index (χ1) is 12.0. The minimum Gasteiger partial charge on any atom is -0.497 e. The molecule has 25 heavy (non-hydrogen) atoms. The molecule has 0 N–H and O–H groups in total. The van der Waals surface area contributed by atoms with Gasteiger partial charge in [0, 0.05) is 22.9 Å². The molecule has 0 unspecified atom stereocenters. The smallest absolute Gasteiger partial charge is 0.236 e. The Bertz CT molecular complexity index is 642. The zero-order valence-electron chi connectivity index (χ0n) is 15.3. The number of carbonyl (C=O) groups is 1. The molecule has 1 atom stereocenters. The van der Waals surface area contributed by atoms with Crippen molar-refractivity contribution in [2.24, 2.45) is 0 Å². The molecule has 0 saturated carbocycles. The molecule has 1 heterocycles. The Morgan fingerprint density at radius 3 is 2.48 bits per heavy atom. The monoisotopic (exact) mass is 378 g/mol. The number of hydrogen-bond acceptors (Lipinski definition) is 5. The van der Waals surface area contributed by atoms with Gasteiger partial charge in [-0.2, -0.15) is 0 Å². The van der Waals surface area contributed by atoms with Crippen LogP contribution in [0.2, 0.25) is 0 Å². The lowest BCUT2D eigenvalue weighted by Gasteiger charge is -2.26. The summed E-state index contributed by atoms with van der Waals surface area (Å²) in [6.07, 6.45) is 0. The van der Waals surface area contributed by atoms with E-state index in [4.69, 9.17) is 4.74 Å². The third-order valence-corrected chi connectivity index (χ3v) is 5.74. The highest BCUT2D eigenvalue weighted by Gasteiger charge is 2.22. The van der Waals surface area contributed by atoms with Gasteiger partial charge in [0.15, 0.2) is 0 Å². The van der Waals surface area contributed by atoms with Gasteiger partial charge in [-0.05, 0) is 56.7 Å². The fourth-order valence-electron chi connectivity index (χ4n) is 2.34. The predicted octanol–water partition coefficient (Wildman–Crippen LogP) is 3.83. The first-order valence-electron chi connectivity index (χ1n) is 8.26. The highest BCUT2D eigenvalue weighted by Crippen LogP contribution is 2.27. The van der Waals surface area contributed by atoms with Crippen LogP contribution in [0.25, 0.3) is 0 Å². The predicted molar refractivity (Wildman–Crippen MR) is 107 cm³/mol. The lowest BCUT2D eigenvalue weighted by atomic mass is 10.3. The van der Waals surface area contributed by atoms with Gasteiger partial charge in [0.25, 0.3) is 0 Å². The van der Waals surface area contributed by atoms with Crippen LogP contribution in [0.15, 0.2) is 46.7 Å². The van der Waals surface area contributed by atoms with Gasteiger partial charge in [0.2, 0.25) is 5.91 Å². The second-order valence-corrected chi connectivity index (χ2v) is 8.52. The molecule has 2 aromatic rings. The van der Waals surface area contributed by atoms with Crippen molar-refractivity contribution in [3.8, 4) is 5.75 Å². The highest BCUT2D eigenvalue weighted by molar-refractivity contribution is 8.00. The maximum absolute atomic E-state index is 13.0. The van der Waals surface area contributed by atoms with Crippen LogP contribution in [-0.2, 0) is 11.3 Å². The fraction of sp³-hybridized carbons (Fsp3) is 0.421. The van der Waals surface area contributed by atoms with Gasteiger partial charge >= 0.3 is 0 Å². The minimum atomic E-state index is -0.129. The standard InChI is InChI=1S/C19H26N2O2S2/c1-15(25-17-9-7-16(23-4)8-10-17)19(22)21(12-11-20(2)3)14-18-6-5-13-24-18/h5-10,13,15H,11-12,14H2,1-4H3/t15-/m0/s1. The number of nitrogens with zero attached hydrogens (tertiary/aromatic N) is 2. The second-order valence-electron chi connectivity index (χ2n) is 6.08. The summed E-state index contributed by atoms with van der Waals surface area (Å²) in [6.45, 7) is 4.25. The highest BCUT2D eigenvalue weighted by atomic mass is 32.2. The van der Waals surface area contributed by atoms with Gasteiger partial charge in [0.1, 0.15) is 5.75 Å². The molecule has 0 aliphatic rings. The molecule has 0 aliphatic heterocycles. The van der Waals surface area contributed by atoms with E-state index in [1.165, 1.54) is 4.88 Å². The van der Waals surface area contributed by atoms with Crippen LogP contribution in [0.1, 0.15) is 11.8 Å². The average Bonchev–Trinajstić information content (AvgIpc) is 3.11. The van der Waals surface area contributed by atoms with Crippen LogP contribution in [0.3, 0.4) is 0 Å². The van der Waals surface area contributed by atoms with Crippen LogP contribution < -0.4 is 4.74 Å². The molecule has 4 nitrogen and oxygen atoms in total. The van der Waals surface area contributed by atoms with Crippen molar-refractivity contribution in [1.29, 1.82) is 0 Å². The van der Waals surface area contributed by atoms with E-state index in [-0.39, 0.29) is 11.2 Å². The van der Waals surface area contributed by atoms with Crippen molar-refractivity contribution in [1.82, 2.24) is 9.80 Å². The van der Waals surface area contributed by atoms with E-state index in [1.54, 1.807) is 30.2 Å². The first kappa shape index (κ1) is 19.8. The third kappa shape index (κ3) is 6.38. The second kappa shape index (κ2) is 9.85. The number of carbonyl (C=O) groups excluding carboxylic acids is 1. The summed E-state index contributed by atoms with van der Waals surface area (Å²) in [5.74, 6) is 1.00. The van der Waals surface area contributed by atoms with Crippen LogP contribution in [-0.4, -0.2) is 55.3 Å². The van der Waals surface area contributed by atoms with Crippen LogP contribution in [0, 0.1) is 0 Å². The Morgan fingerprint density at radius 2 is 1.92 bits per heavy atom. The number of benzene rings is 1. The normalized spacial score (nSPS) is 12.2. The molecule has 0 fully saturated rings. The van der Waals surface area contributed by atoms with E-state index in [1.807, 2.05) is 56.3 Å². The Morgan fingerprint density at radius 1 is 1.20 bits per heavy atom. The summed E-state index contributed by atoms with van der Waals surface area (Å²) in [7, 11) is 5.72. The number of thioether (sulfide) groups is 1. The summed E-state index contributed by atoms with van der Waals surface area (Å²) in [6, 6.07) is 12.0. The SMILES string of the molecule is COc1ccc(S[C@@H](C)C(=O)N(CCN(C)C)Cc2cccs2)cc1. The van der Waals surface area contributed by atoms with Crippen molar-refractivity contribution >= 4 is 29.0 Å². The Hall–Kier alpha value is -1.50. The number of thiophene rings is 1. The van der Waals surface area contributed by atoms with E-state index >= 15 is 0 Å². The number of amides is 1. The Labute approximate surface area is 158 Å². The molecule has 0 aliphatic carbocycles. The molecule has 136 valence electrons. The minimum absolute atomic E-state index is 0.129. The molecule has 1 amide bonds. The van der Waals surface area contributed by atoms with E-state index in [2.05, 4.69) is 16.3 Å². The third-order valence-electron chi connectivity index (χ3n) is 3.78. The van der Waals surface area contributed by atoms with Crippen molar-refractivity contribution in [2.45, 2.75) is 23.6 Å². The van der Waals surface area contributed by atoms with E-state index in [9.17, 15) is 4.79 Å². The Balaban J connectivity index is 2.01. The van der Waals surface area contributed by atoms with E-state index < -0.39 is 0 Å². The quantitative estimate of drug-likeness (QED) is 0.621. The maximum atomic E-state index is 13.0. The van der Waals surface area contributed by atoms with Gasteiger partial charge in [-0.3, -0.25) is 4.79 Å². The maximum Gasteiger partial charge on any atom is 0.236 e. The van der Waals surface area contributed by atoms with Crippen LogP contribution in [0.5, 0.6) is 5.75 Å².